The van der Waals surface area contributed by atoms with Gasteiger partial charge in [0.1, 0.15) is 5.37 Å². The summed E-state index contributed by atoms with van der Waals surface area (Å²) in [5, 5.41) is 3.09. The molecule has 5 heteroatoms. The fourth-order valence-electron chi connectivity index (χ4n) is 4.29. The normalized spacial score (nSPS) is 16.7. The number of hydrogen-bond donors (Lipinski definition) is 1. The molecule has 1 aliphatic heterocycles. The smallest absolute Gasteiger partial charge is 0.251 e. The molecule has 0 aliphatic carbocycles. The Hall–Kier alpha value is -3.05. The van der Waals surface area contributed by atoms with E-state index in [1.807, 2.05) is 66.4 Å². The van der Waals surface area contributed by atoms with E-state index in [1.165, 1.54) is 16.7 Å². The van der Waals surface area contributed by atoms with E-state index in [2.05, 4.69) is 38.2 Å². The van der Waals surface area contributed by atoms with E-state index in [-0.39, 0.29) is 23.2 Å². The lowest BCUT2D eigenvalue weighted by Gasteiger charge is -2.24. The summed E-state index contributed by atoms with van der Waals surface area (Å²) in [6.07, 6.45) is 0. The summed E-state index contributed by atoms with van der Waals surface area (Å²) in [4.78, 5) is 27.3. The van der Waals surface area contributed by atoms with E-state index < -0.39 is 0 Å². The summed E-state index contributed by atoms with van der Waals surface area (Å²) >= 11 is 1.63. The predicted molar refractivity (Wildman–Crippen MR) is 135 cm³/mol. The van der Waals surface area contributed by atoms with Crippen LogP contribution < -0.4 is 5.32 Å². The maximum atomic E-state index is 12.9. The van der Waals surface area contributed by atoms with Crippen LogP contribution in [0.4, 0.5) is 0 Å². The van der Waals surface area contributed by atoms with Gasteiger partial charge in [0.05, 0.1) is 11.8 Å². The molecule has 1 saturated heterocycles. The van der Waals surface area contributed by atoms with Crippen LogP contribution in [0.15, 0.2) is 66.7 Å². The van der Waals surface area contributed by atoms with Crippen LogP contribution in [0.5, 0.6) is 0 Å². The lowest BCUT2D eigenvalue weighted by atomic mass is 9.96. The summed E-state index contributed by atoms with van der Waals surface area (Å²) in [7, 11) is 0. The van der Waals surface area contributed by atoms with Crippen molar-refractivity contribution in [1.82, 2.24) is 10.2 Å². The van der Waals surface area contributed by atoms with Gasteiger partial charge in [-0.2, -0.15) is 0 Å². The third kappa shape index (κ3) is 5.14. The van der Waals surface area contributed by atoms with Crippen molar-refractivity contribution in [2.24, 2.45) is 0 Å². The molecule has 4 nitrogen and oxygen atoms in total. The minimum atomic E-state index is -0.0945. The van der Waals surface area contributed by atoms with Gasteiger partial charge in [-0.15, -0.1) is 11.8 Å². The van der Waals surface area contributed by atoms with Crippen molar-refractivity contribution in [3.8, 4) is 0 Å². The minimum absolute atomic E-state index is 0.0353. The average molecular weight is 459 g/mol. The molecule has 0 radical (unpaired) electrons. The Kier molecular flexibility index (Phi) is 6.89. The Morgan fingerprint density at radius 3 is 2.36 bits per heavy atom. The molecule has 170 valence electrons. The number of rotatable bonds is 6. The van der Waals surface area contributed by atoms with Gasteiger partial charge >= 0.3 is 0 Å². The van der Waals surface area contributed by atoms with Crippen molar-refractivity contribution < 1.29 is 9.59 Å². The fraction of sp³-hybridized carbons (Fsp3) is 0.286. The first-order valence-electron chi connectivity index (χ1n) is 11.3. The van der Waals surface area contributed by atoms with Crippen molar-refractivity contribution in [1.29, 1.82) is 0 Å². The van der Waals surface area contributed by atoms with Crippen molar-refractivity contribution >= 4 is 23.6 Å². The standard InChI is InChI=1S/C28H30N2O2S/c1-18-14-20(3)25(15-19(18)2)21(4)29-27(32)23-10-12-24(13-11-23)28-30(26(31)17-33-28)16-22-8-6-5-7-9-22/h5-15,21,28H,16-17H2,1-4H3,(H,29,32)/t21-,28+/m1/s1. The van der Waals surface area contributed by atoms with E-state index in [0.717, 1.165) is 16.7 Å². The van der Waals surface area contributed by atoms with Crippen molar-refractivity contribution in [3.05, 3.63) is 106 Å². The van der Waals surface area contributed by atoms with Crippen LogP contribution >= 0.6 is 11.8 Å². The van der Waals surface area contributed by atoms with Crippen LogP contribution in [0.2, 0.25) is 0 Å². The maximum absolute atomic E-state index is 12.9. The number of carbonyl (C=O) groups is 2. The van der Waals surface area contributed by atoms with Crippen LogP contribution in [-0.2, 0) is 11.3 Å². The number of thioether (sulfide) groups is 1. The van der Waals surface area contributed by atoms with E-state index >= 15 is 0 Å². The molecule has 4 rings (SSSR count). The van der Waals surface area contributed by atoms with Crippen LogP contribution in [0.3, 0.4) is 0 Å². The molecule has 1 aliphatic rings. The molecule has 0 bridgehead atoms. The molecular weight excluding hydrogens is 428 g/mol. The molecule has 2 atom stereocenters. The van der Waals surface area contributed by atoms with E-state index in [4.69, 9.17) is 0 Å². The molecule has 0 spiro atoms. The highest BCUT2D eigenvalue weighted by atomic mass is 32.2. The zero-order valence-corrected chi connectivity index (χ0v) is 20.4. The Labute approximate surface area is 200 Å². The number of benzene rings is 3. The second kappa shape index (κ2) is 9.84. The van der Waals surface area contributed by atoms with Gasteiger partial charge < -0.3 is 10.2 Å². The number of nitrogens with one attached hydrogen (secondary N) is 1. The Bertz CT molecular complexity index is 1160. The molecule has 1 heterocycles. The summed E-state index contributed by atoms with van der Waals surface area (Å²) < 4.78 is 0. The molecule has 3 aromatic rings. The van der Waals surface area contributed by atoms with Crippen LogP contribution in [0, 0.1) is 20.8 Å². The minimum Gasteiger partial charge on any atom is -0.346 e. The predicted octanol–water partition coefficient (Wildman–Crippen LogP) is 5.88. The van der Waals surface area contributed by atoms with Gasteiger partial charge in [0, 0.05) is 12.1 Å². The first-order valence-corrected chi connectivity index (χ1v) is 12.3. The lowest BCUT2D eigenvalue weighted by Crippen LogP contribution is -2.28. The highest BCUT2D eigenvalue weighted by Gasteiger charge is 2.32. The monoisotopic (exact) mass is 458 g/mol. The quantitative estimate of drug-likeness (QED) is 0.502. The average Bonchev–Trinajstić information content (AvgIpc) is 3.17. The van der Waals surface area contributed by atoms with Gasteiger partial charge in [0.2, 0.25) is 5.91 Å². The molecule has 3 aromatic carbocycles. The van der Waals surface area contributed by atoms with Gasteiger partial charge in [-0.25, -0.2) is 0 Å². The van der Waals surface area contributed by atoms with E-state index in [9.17, 15) is 9.59 Å². The molecule has 1 N–H and O–H groups in total. The number of aryl methyl sites for hydroxylation is 3. The van der Waals surface area contributed by atoms with Crippen LogP contribution in [0.1, 0.15) is 62.1 Å². The number of carbonyl (C=O) groups excluding carboxylic acids is 2. The fourth-order valence-corrected chi connectivity index (χ4v) is 5.48. The highest BCUT2D eigenvalue weighted by molar-refractivity contribution is 8.00. The van der Waals surface area contributed by atoms with E-state index in [1.54, 1.807) is 11.8 Å². The van der Waals surface area contributed by atoms with Crippen LogP contribution in [0.25, 0.3) is 0 Å². The SMILES string of the molecule is Cc1cc(C)c([C@@H](C)NC(=O)c2ccc([C@@H]3SCC(=O)N3Cc3ccccc3)cc2)cc1C. The third-order valence-corrected chi connectivity index (χ3v) is 7.57. The Balaban J connectivity index is 1.46. The lowest BCUT2D eigenvalue weighted by molar-refractivity contribution is -0.128. The first-order chi connectivity index (χ1) is 15.8. The maximum Gasteiger partial charge on any atom is 0.251 e. The molecule has 33 heavy (non-hydrogen) atoms. The molecule has 0 aromatic heterocycles. The Morgan fingerprint density at radius 1 is 1.00 bits per heavy atom. The summed E-state index contributed by atoms with van der Waals surface area (Å²) in [5.74, 6) is 0.531. The largest absolute Gasteiger partial charge is 0.346 e. The molecular formula is C28H30N2O2S. The molecule has 1 fully saturated rings. The first kappa shape index (κ1) is 23.1. The van der Waals surface area contributed by atoms with E-state index in [0.29, 0.717) is 17.9 Å². The topological polar surface area (TPSA) is 49.4 Å². The van der Waals surface area contributed by atoms with Gasteiger partial charge in [-0.3, -0.25) is 9.59 Å². The number of amides is 2. The Morgan fingerprint density at radius 2 is 1.67 bits per heavy atom. The number of hydrogen-bond acceptors (Lipinski definition) is 3. The van der Waals surface area contributed by atoms with Gasteiger partial charge in [0.25, 0.3) is 5.91 Å². The van der Waals surface area contributed by atoms with Crippen molar-refractivity contribution in [2.75, 3.05) is 5.75 Å². The zero-order valence-electron chi connectivity index (χ0n) is 19.6. The molecule has 0 unspecified atom stereocenters. The summed E-state index contributed by atoms with van der Waals surface area (Å²) in [6.45, 7) is 8.89. The highest BCUT2D eigenvalue weighted by Crippen LogP contribution is 2.39. The van der Waals surface area contributed by atoms with Crippen LogP contribution in [-0.4, -0.2) is 22.5 Å². The summed E-state index contributed by atoms with van der Waals surface area (Å²) in [5.41, 5.74) is 7.58. The number of nitrogens with zero attached hydrogens (tertiary/aromatic N) is 1. The van der Waals surface area contributed by atoms with Crippen molar-refractivity contribution in [3.63, 3.8) is 0 Å². The molecule has 2 amide bonds. The summed E-state index contributed by atoms with van der Waals surface area (Å²) in [6, 6.07) is 21.9. The zero-order chi connectivity index (χ0) is 23.5. The van der Waals surface area contributed by atoms with Crippen molar-refractivity contribution in [2.45, 2.75) is 45.7 Å². The van der Waals surface area contributed by atoms with Gasteiger partial charge in [-0.05, 0) is 73.2 Å². The van der Waals surface area contributed by atoms with Gasteiger partial charge in [-0.1, -0.05) is 54.6 Å². The second-order valence-electron chi connectivity index (χ2n) is 8.78. The molecule has 0 saturated carbocycles. The third-order valence-electron chi connectivity index (χ3n) is 6.32. The second-order valence-corrected chi connectivity index (χ2v) is 9.85. The van der Waals surface area contributed by atoms with Gasteiger partial charge in [0.15, 0.2) is 0 Å².